The average Bonchev–Trinajstić information content (AvgIpc) is 2.56. The summed E-state index contributed by atoms with van der Waals surface area (Å²) in [4.78, 5) is 11.8. The van der Waals surface area contributed by atoms with Crippen molar-refractivity contribution in [3.63, 3.8) is 0 Å². The van der Waals surface area contributed by atoms with Crippen LogP contribution in [0.15, 0.2) is 29.2 Å². The molecule has 0 aromatic heterocycles. The average molecular weight is 351 g/mol. The van der Waals surface area contributed by atoms with Crippen molar-refractivity contribution in [2.24, 2.45) is 5.92 Å². The Morgan fingerprint density at radius 1 is 1.25 bits per heavy atom. The van der Waals surface area contributed by atoms with Gasteiger partial charge in [0.2, 0.25) is 0 Å². The molecule has 7 heteroatoms. The summed E-state index contributed by atoms with van der Waals surface area (Å²) in [5.41, 5.74) is 0. The molecule has 6 nitrogen and oxygen atoms in total. The predicted molar refractivity (Wildman–Crippen MR) is 88.9 cm³/mol. The van der Waals surface area contributed by atoms with Crippen LogP contribution < -0.4 is 10.1 Å². The largest absolute Gasteiger partial charge is 0.481 e. The van der Waals surface area contributed by atoms with Crippen molar-refractivity contribution in [1.82, 2.24) is 5.32 Å². The van der Waals surface area contributed by atoms with Gasteiger partial charge in [-0.25, -0.2) is 0 Å². The number of rotatable bonds is 6. The van der Waals surface area contributed by atoms with E-state index in [1.807, 2.05) is 0 Å². The third kappa shape index (κ3) is 5.55. The van der Waals surface area contributed by atoms with Gasteiger partial charge in [0, 0.05) is 6.42 Å². The molecule has 130 valence electrons. The minimum absolute atomic E-state index is 0.0740. The second-order valence-electron chi connectivity index (χ2n) is 5.49. The fourth-order valence-corrected chi connectivity index (χ4v) is 3.30. The summed E-state index contributed by atoms with van der Waals surface area (Å²) in [7, 11) is -4.10. The molecule has 1 saturated heterocycles. The molecule has 2 rings (SSSR count). The SMILES string of the molecule is CC#CCOc1ccc(S(=O)(=O)OC(=O)CC2CCNCC2)cc1. The Balaban J connectivity index is 1.93. The van der Waals surface area contributed by atoms with Gasteiger partial charge >= 0.3 is 16.1 Å². The zero-order chi connectivity index (χ0) is 17.4. The van der Waals surface area contributed by atoms with Crippen LogP contribution in [0, 0.1) is 17.8 Å². The number of hydrogen-bond donors (Lipinski definition) is 1. The van der Waals surface area contributed by atoms with Gasteiger partial charge in [-0.1, -0.05) is 5.92 Å². The fourth-order valence-electron chi connectivity index (χ4n) is 2.42. The first-order valence-electron chi connectivity index (χ1n) is 7.82. The van der Waals surface area contributed by atoms with E-state index in [2.05, 4.69) is 17.2 Å². The van der Waals surface area contributed by atoms with Crippen molar-refractivity contribution in [2.45, 2.75) is 31.1 Å². The summed E-state index contributed by atoms with van der Waals surface area (Å²) in [5, 5.41) is 3.19. The number of carbonyl (C=O) groups is 1. The Bertz CT molecular complexity index is 710. The van der Waals surface area contributed by atoms with Crippen molar-refractivity contribution in [1.29, 1.82) is 0 Å². The van der Waals surface area contributed by atoms with E-state index >= 15 is 0 Å². The predicted octanol–water partition coefficient (Wildman–Crippen LogP) is 1.71. The highest BCUT2D eigenvalue weighted by Gasteiger charge is 2.24. The van der Waals surface area contributed by atoms with Crippen LogP contribution >= 0.6 is 0 Å². The standard InChI is InChI=1S/C17H21NO5S/c1-2-3-12-22-15-4-6-16(7-5-15)24(20,21)23-17(19)13-14-8-10-18-11-9-14/h4-7,14,18H,8-13H2,1H3. The van der Waals surface area contributed by atoms with E-state index < -0.39 is 16.1 Å². The zero-order valence-electron chi connectivity index (χ0n) is 13.6. The molecule has 0 amide bonds. The van der Waals surface area contributed by atoms with E-state index in [0.29, 0.717) is 5.75 Å². The lowest BCUT2D eigenvalue weighted by Crippen LogP contribution is -2.29. The number of ether oxygens (including phenoxy) is 1. The number of hydrogen-bond acceptors (Lipinski definition) is 6. The second kappa shape index (κ2) is 8.71. The van der Waals surface area contributed by atoms with E-state index in [-0.39, 0.29) is 23.8 Å². The van der Waals surface area contributed by atoms with Gasteiger partial charge in [-0.3, -0.25) is 4.79 Å². The molecule has 1 aliphatic rings. The summed E-state index contributed by atoms with van der Waals surface area (Å²) in [6, 6.07) is 5.71. The van der Waals surface area contributed by atoms with Crippen molar-refractivity contribution in [3.8, 4) is 17.6 Å². The van der Waals surface area contributed by atoms with Gasteiger partial charge in [0.15, 0.2) is 0 Å². The quantitative estimate of drug-likeness (QED) is 0.621. The van der Waals surface area contributed by atoms with E-state index in [1.54, 1.807) is 6.92 Å². The Labute approximate surface area is 142 Å². The molecule has 0 atom stereocenters. The lowest BCUT2D eigenvalue weighted by molar-refractivity contribution is -0.135. The molecule has 0 unspecified atom stereocenters. The van der Waals surface area contributed by atoms with Gasteiger partial charge in [-0.2, -0.15) is 8.42 Å². The van der Waals surface area contributed by atoms with Crippen molar-refractivity contribution >= 4 is 16.1 Å². The summed E-state index contributed by atoms with van der Waals surface area (Å²) >= 11 is 0. The first-order chi connectivity index (χ1) is 11.5. The van der Waals surface area contributed by atoms with Gasteiger partial charge in [0.1, 0.15) is 17.3 Å². The first-order valence-corrected chi connectivity index (χ1v) is 9.22. The zero-order valence-corrected chi connectivity index (χ0v) is 14.4. The Morgan fingerprint density at radius 2 is 1.92 bits per heavy atom. The van der Waals surface area contributed by atoms with Gasteiger partial charge in [-0.05, 0) is 63.0 Å². The van der Waals surface area contributed by atoms with Crippen molar-refractivity contribution in [2.75, 3.05) is 19.7 Å². The lowest BCUT2D eigenvalue weighted by Gasteiger charge is -2.21. The summed E-state index contributed by atoms with van der Waals surface area (Å²) in [5.74, 6) is 5.40. The summed E-state index contributed by atoms with van der Waals surface area (Å²) < 4.78 is 34.3. The van der Waals surface area contributed by atoms with Crippen molar-refractivity contribution < 1.29 is 22.1 Å². The van der Waals surface area contributed by atoms with Crippen LogP contribution in [0.2, 0.25) is 0 Å². The van der Waals surface area contributed by atoms with E-state index in [1.165, 1.54) is 24.3 Å². The lowest BCUT2D eigenvalue weighted by atomic mass is 9.95. The van der Waals surface area contributed by atoms with Crippen LogP contribution in [0.5, 0.6) is 5.75 Å². The molecular formula is C17H21NO5S. The maximum Gasteiger partial charge on any atom is 0.341 e. The highest BCUT2D eigenvalue weighted by atomic mass is 32.2. The maximum absolute atomic E-state index is 12.1. The highest BCUT2D eigenvalue weighted by Crippen LogP contribution is 2.21. The van der Waals surface area contributed by atoms with Crippen LogP contribution in [0.3, 0.4) is 0 Å². The number of piperidine rings is 1. The smallest absolute Gasteiger partial charge is 0.341 e. The third-order valence-corrected chi connectivity index (χ3v) is 4.97. The third-order valence-electron chi connectivity index (χ3n) is 3.72. The van der Waals surface area contributed by atoms with Crippen LogP contribution in [0.25, 0.3) is 0 Å². The van der Waals surface area contributed by atoms with Gasteiger partial charge in [-0.15, -0.1) is 5.92 Å². The number of nitrogens with one attached hydrogen (secondary N) is 1. The van der Waals surface area contributed by atoms with Gasteiger partial charge < -0.3 is 14.2 Å². The monoisotopic (exact) mass is 351 g/mol. The molecule has 0 aliphatic carbocycles. The van der Waals surface area contributed by atoms with Crippen LogP contribution in [0.4, 0.5) is 0 Å². The molecule has 1 N–H and O–H groups in total. The first kappa shape index (κ1) is 18.3. The molecule has 0 radical (unpaired) electrons. The Morgan fingerprint density at radius 3 is 2.54 bits per heavy atom. The molecule has 0 spiro atoms. The normalized spacial score (nSPS) is 15.2. The minimum atomic E-state index is -4.10. The molecule has 1 aromatic rings. The summed E-state index contributed by atoms with van der Waals surface area (Å²) in [6.07, 6.45) is 1.82. The number of benzene rings is 1. The van der Waals surface area contributed by atoms with Crippen LogP contribution in [-0.2, 0) is 19.1 Å². The molecule has 1 aromatic carbocycles. The summed E-state index contributed by atoms with van der Waals surface area (Å²) in [6.45, 7) is 3.62. The molecule has 0 saturated carbocycles. The van der Waals surface area contributed by atoms with E-state index in [9.17, 15) is 13.2 Å². The molecule has 1 heterocycles. The van der Waals surface area contributed by atoms with Gasteiger partial charge in [0.25, 0.3) is 0 Å². The van der Waals surface area contributed by atoms with Crippen LogP contribution in [-0.4, -0.2) is 34.1 Å². The van der Waals surface area contributed by atoms with Gasteiger partial charge in [0.05, 0.1) is 0 Å². The van der Waals surface area contributed by atoms with E-state index in [4.69, 9.17) is 8.92 Å². The maximum atomic E-state index is 12.1. The van der Waals surface area contributed by atoms with Crippen molar-refractivity contribution in [3.05, 3.63) is 24.3 Å². The minimum Gasteiger partial charge on any atom is -0.481 e. The van der Waals surface area contributed by atoms with E-state index in [0.717, 1.165) is 25.9 Å². The second-order valence-corrected chi connectivity index (χ2v) is 7.04. The molecule has 0 bridgehead atoms. The fraction of sp³-hybridized carbons (Fsp3) is 0.471. The molecule has 1 fully saturated rings. The van der Waals surface area contributed by atoms with Crippen LogP contribution in [0.1, 0.15) is 26.2 Å². The molecule has 1 aliphatic heterocycles. The highest BCUT2D eigenvalue weighted by molar-refractivity contribution is 7.87. The topological polar surface area (TPSA) is 81.7 Å². The Kier molecular flexibility index (Phi) is 6.64. The Hall–Kier alpha value is -2.04. The number of carbonyl (C=O) groups excluding carboxylic acids is 1. The molecular weight excluding hydrogens is 330 g/mol. The molecule has 24 heavy (non-hydrogen) atoms.